The molecule has 27 heavy (non-hydrogen) atoms. The fraction of sp³-hybridized carbons (Fsp3) is 0.263. The third kappa shape index (κ3) is 5.37. The number of rotatable bonds is 8. The molecule has 0 spiro atoms. The van der Waals surface area contributed by atoms with Crippen LogP contribution in [0.4, 0.5) is 10.1 Å². The van der Waals surface area contributed by atoms with Crippen molar-refractivity contribution in [1.29, 1.82) is 0 Å². The fourth-order valence-electron chi connectivity index (χ4n) is 2.50. The molecule has 1 aromatic heterocycles. The Kier molecular flexibility index (Phi) is 6.54. The summed E-state index contributed by atoms with van der Waals surface area (Å²) in [5, 5.41) is 14.7. The van der Waals surface area contributed by atoms with Gasteiger partial charge in [0.25, 0.3) is 0 Å². The molecule has 1 N–H and O–H groups in total. The predicted octanol–water partition coefficient (Wildman–Crippen LogP) is 3.87. The summed E-state index contributed by atoms with van der Waals surface area (Å²) < 4.78 is 14.8. The molecule has 2 aromatic carbocycles. The van der Waals surface area contributed by atoms with Crippen molar-refractivity contribution in [3.63, 3.8) is 0 Å². The van der Waals surface area contributed by atoms with E-state index in [4.69, 9.17) is 0 Å². The number of aryl methyl sites for hydroxylation is 1. The molecule has 0 aliphatic heterocycles. The summed E-state index contributed by atoms with van der Waals surface area (Å²) in [4.78, 5) is 12.2. The van der Waals surface area contributed by atoms with Gasteiger partial charge in [-0.05, 0) is 59.2 Å². The lowest BCUT2D eigenvalue weighted by Gasteiger charge is -2.07. The van der Waals surface area contributed by atoms with Gasteiger partial charge in [0.15, 0.2) is 0 Å². The van der Waals surface area contributed by atoms with E-state index in [-0.39, 0.29) is 17.5 Å². The third-order valence-electron chi connectivity index (χ3n) is 3.88. The number of amides is 1. The van der Waals surface area contributed by atoms with Crippen LogP contribution < -0.4 is 5.32 Å². The summed E-state index contributed by atoms with van der Waals surface area (Å²) in [6.45, 7) is 2.16. The first-order chi connectivity index (χ1) is 13.2. The largest absolute Gasteiger partial charge is 0.325 e. The number of nitrogens with one attached hydrogen (secondary N) is 1. The molecule has 140 valence electrons. The number of carbonyl (C=O) groups excluding carboxylic acids is 1. The quantitative estimate of drug-likeness (QED) is 0.596. The molecule has 0 unspecified atom stereocenters. The van der Waals surface area contributed by atoms with Crippen LogP contribution in [0.1, 0.15) is 25.3 Å². The van der Waals surface area contributed by atoms with Crippen LogP contribution in [0.2, 0.25) is 0 Å². The van der Waals surface area contributed by atoms with Crippen molar-refractivity contribution in [2.24, 2.45) is 0 Å². The zero-order valence-corrected chi connectivity index (χ0v) is 15.7. The van der Waals surface area contributed by atoms with Gasteiger partial charge in [-0.3, -0.25) is 4.79 Å². The second-order valence-corrected chi connectivity index (χ2v) is 6.93. The van der Waals surface area contributed by atoms with Crippen molar-refractivity contribution in [3.05, 3.63) is 59.9 Å². The Labute approximate surface area is 161 Å². The molecule has 0 radical (unpaired) electrons. The molecule has 0 saturated heterocycles. The zero-order valence-electron chi connectivity index (χ0n) is 14.9. The highest BCUT2D eigenvalue weighted by Gasteiger charge is 2.12. The molecule has 0 aliphatic rings. The van der Waals surface area contributed by atoms with Crippen LogP contribution in [0.15, 0.2) is 53.7 Å². The lowest BCUT2D eigenvalue weighted by molar-refractivity contribution is -0.113. The van der Waals surface area contributed by atoms with E-state index in [0.29, 0.717) is 10.8 Å². The minimum absolute atomic E-state index is 0.146. The highest BCUT2D eigenvalue weighted by molar-refractivity contribution is 7.99. The van der Waals surface area contributed by atoms with E-state index in [2.05, 4.69) is 27.8 Å². The Bertz CT molecular complexity index is 897. The molecular weight excluding hydrogens is 365 g/mol. The van der Waals surface area contributed by atoms with E-state index in [1.165, 1.54) is 34.1 Å². The lowest BCUT2D eigenvalue weighted by Crippen LogP contribution is -2.14. The number of unbranched alkanes of at least 4 members (excludes halogenated alkanes) is 1. The number of hydrogen-bond acceptors (Lipinski definition) is 5. The topological polar surface area (TPSA) is 72.7 Å². The van der Waals surface area contributed by atoms with Crippen molar-refractivity contribution in [3.8, 4) is 5.69 Å². The van der Waals surface area contributed by atoms with E-state index in [0.717, 1.165) is 24.9 Å². The van der Waals surface area contributed by atoms with Crippen LogP contribution in [0, 0.1) is 5.82 Å². The van der Waals surface area contributed by atoms with Gasteiger partial charge in [-0.25, -0.2) is 4.39 Å². The molecular formula is C19H20FN5OS. The summed E-state index contributed by atoms with van der Waals surface area (Å²) in [5.41, 5.74) is 2.52. The number of benzene rings is 2. The third-order valence-corrected chi connectivity index (χ3v) is 4.80. The maximum absolute atomic E-state index is 13.4. The average molecular weight is 385 g/mol. The van der Waals surface area contributed by atoms with E-state index < -0.39 is 0 Å². The van der Waals surface area contributed by atoms with Gasteiger partial charge < -0.3 is 5.32 Å². The number of nitrogens with zero attached hydrogens (tertiary/aromatic N) is 4. The molecule has 3 aromatic rings. The van der Waals surface area contributed by atoms with E-state index in [1.54, 1.807) is 12.1 Å². The number of aromatic nitrogens is 4. The molecule has 0 aliphatic carbocycles. The van der Waals surface area contributed by atoms with Gasteiger partial charge in [0, 0.05) is 5.69 Å². The lowest BCUT2D eigenvalue weighted by atomic mass is 10.1. The van der Waals surface area contributed by atoms with Crippen LogP contribution in [0.3, 0.4) is 0 Å². The number of thioether (sulfide) groups is 1. The van der Waals surface area contributed by atoms with Crippen molar-refractivity contribution in [2.45, 2.75) is 31.3 Å². The van der Waals surface area contributed by atoms with E-state index >= 15 is 0 Å². The van der Waals surface area contributed by atoms with Gasteiger partial charge in [0.05, 0.1) is 11.4 Å². The molecule has 0 atom stereocenters. The van der Waals surface area contributed by atoms with Crippen LogP contribution in [-0.2, 0) is 11.2 Å². The summed E-state index contributed by atoms with van der Waals surface area (Å²) >= 11 is 1.19. The van der Waals surface area contributed by atoms with E-state index in [9.17, 15) is 9.18 Å². The zero-order chi connectivity index (χ0) is 19.1. The Morgan fingerprint density at radius 3 is 2.78 bits per heavy atom. The first-order valence-corrected chi connectivity index (χ1v) is 9.70. The summed E-state index contributed by atoms with van der Waals surface area (Å²) in [6, 6.07) is 13.8. The SMILES string of the molecule is CCCCc1ccc(NC(=O)CSc2nnnn2-c2cccc(F)c2)cc1. The first kappa shape index (κ1) is 19.0. The van der Waals surface area contributed by atoms with Crippen molar-refractivity contribution in [1.82, 2.24) is 20.2 Å². The Morgan fingerprint density at radius 2 is 2.04 bits per heavy atom. The van der Waals surface area contributed by atoms with Crippen LogP contribution in [0.5, 0.6) is 0 Å². The smallest absolute Gasteiger partial charge is 0.234 e. The second-order valence-electron chi connectivity index (χ2n) is 5.99. The first-order valence-electron chi connectivity index (χ1n) is 8.71. The number of halogens is 1. The van der Waals surface area contributed by atoms with Gasteiger partial charge >= 0.3 is 0 Å². The molecule has 1 heterocycles. The maximum Gasteiger partial charge on any atom is 0.234 e. The normalized spacial score (nSPS) is 10.7. The van der Waals surface area contributed by atoms with Crippen LogP contribution >= 0.6 is 11.8 Å². The fourth-order valence-corrected chi connectivity index (χ4v) is 3.19. The van der Waals surface area contributed by atoms with Gasteiger partial charge in [0.1, 0.15) is 5.82 Å². The van der Waals surface area contributed by atoms with Gasteiger partial charge in [0.2, 0.25) is 11.1 Å². The van der Waals surface area contributed by atoms with Crippen molar-refractivity contribution >= 4 is 23.4 Å². The minimum Gasteiger partial charge on any atom is -0.325 e. The molecule has 0 fully saturated rings. The average Bonchev–Trinajstić information content (AvgIpc) is 3.14. The summed E-state index contributed by atoms with van der Waals surface area (Å²) in [5.74, 6) is -0.387. The molecule has 8 heteroatoms. The molecule has 3 rings (SSSR count). The molecule has 0 saturated carbocycles. The Balaban J connectivity index is 1.56. The summed E-state index contributed by atoms with van der Waals surface area (Å²) in [6.07, 6.45) is 3.36. The minimum atomic E-state index is -0.376. The number of carbonyl (C=O) groups is 1. The van der Waals surface area contributed by atoms with Crippen LogP contribution in [0.25, 0.3) is 5.69 Å². The molecule has 0 bridgehead atoms. The summed E-state index contributed by atoms with van der Waals surface area (Å²) in [7, 11) is 0. The molecule has 1 amide bonds. The van der Waals surface area contributed by atoms with Gasteiger partial charge in [-0.2, -0.15) is 4.68 Å². The Hall–Kier alpha value is -2.74. The standard InChI is InChI=1S/C19H20FN5OS/c1-2-3-5-14-8-10-16(11-9-14)21-18(26)13-27-19-22-23-24-25(19)17-7-4-6-15(20)12-17/h4,6-12H,2-3,5,13H2,1H3,(H,21,26). The number of hydrogen-bond donors (Lipinski definition) is 1. The number of tetrazole rings is 1. The van der Waals surface area contributed by atoms with E-state index in [1.807, 2.05) is 24.3 Å². The van der Waals surface area contributed by atoms with Crippen LogP contribution in [-0.4, -0.2) is 31.9 Å². The monoisotopic (exact) mass is 385 g/mol. The second kappa shape index (κ2) is 9.27. The predicted molar refractivity (Wildman–Crippen MR) is 104 cm³/mol. The number of anilines is 1. The highest BCUT2D eigenvalue weighted by atomic mass is 32.2. The highest BCUT2D eigenvalue weighted by Crippen LogP contribution is 2.19. The maximum atomic E-state index is 13.4. The molecule has 6 nitrogen and oxygen atoms in total. The van der Waals surface area contributed by atoms with Crippen molar-refractivity contribution < 1.29 is 9.18 Å². The van der Waals surface area contributed by atoms with Gasteiger partial charge in [-0.15, -0.1) is 5.10 Å². The van der Waals surface area contributed by atoms with Gasteiger partial charge in [-0.1, -0.05) is 43.3 Å². The van der Waals surface area contributed by atoms with Crippen molar-refractivity contribution in [2.75, 3.05) is 11.1 Å². The Morgan fingerprint density at radius 1 is 1.22 bits per heavy atom.